The van der Waals surface area contributed by atoms with Crippen molar-refractivity contribution < 1.29 is 0 Å². The Kier molecular flexibility index (Phi) is 5.75. The second kappa shape index (κ2) is 7.77. The molecular formula is C17H31N3S. The maximum Gasteiger partial charge on any atom is 0.169 e. The second-order valence-corrected chi connectivity index (χ2v) is 7.49. The van der Waals surface area contributed by atoms with Crippen molar-refractivity contribution in [3.8, 4) is 0 Å². The smallest absolute Gasteiger partial charge is 0.169 e. The average Bonchev–Trinajstić information content (AvgIpc) is 2.57. The number of hydrogen-bond donors (Lipinski definition) is 1. The molecule has 120 valence electrons. The molecule has 0 bridgehead atoms. The molecule has 2 saturated heterocycles. The molecule has 1 aliphatic carbocycles. The van der Waals surface area contributed by atoms with Crippen molar-refractivity contribution >= 4 is 17.3 Å². The quantitative estimate of drug-likeness (QED) is 0.790. The molecule has 2 aliphatic heterocycles. The first-order valence-electron chi connectivity index (χ1n) is 9.12. The van der Waals surface area contributed by atoms with Gasteiger partial charge in [0.15, 0.2) is 5.11 Å². The average molecular weight is 310 g/mol. The van der Waals surface area contributed by atoms with Crippen LogP contribution in [0.1, 0.15) is 64.2 Å². The van der Waals surface area contributed by atoms with Crippen LogP contribution in [-0.2, 0) is 0 Å². The minimum atomic E-state index is 0.645. The molecule has 2 heterocycles. The highest BCUT2D eigenvalue weighted by atomic mass is 32.1. The van der Waals surface area contributed by atoms with E-state index >= 15 is 0 Å². The van der Waals surface area contributed by atoms with Gasteiger partial charge < -0.3 is 15.1 Å². The predicted molar refractivity (Wildman–Crippen MR) is 92.6 cm³/mol. The van der Waals surface area contributed by atoms with Crippen LogP contribution in [0.15, 0.2) is 0 Å². The molecule has 0 aromatic carbocycles. The summed E-state index contributed by atoms with van der Waals surface area (Å²) in [5.74, 6) is 0. The van der Waals surface area contributed by atoms with Crippen molar-refractivity contribution in [2.24, 2.45) is 0 Å². The zero-order valence-electron chi connectivity index (χ0n) is 13.4. The van der Waals surface area contributed by atoms with Gasteiger partial charge >= 0.3 is 0 Å². The maximum absolute atomic E-state index is 5.65. The Morgan fingerprint density at radius 3 is 2.05 bits per heavy atom. The summed E-state index contributed by atoms with van der Waals surface area (Å²) >= 11 is 5.65. The van der Waals surface area contributed by atoms with Crippen LogP contribution in [0.4, 0.5) is 0 Å². The zero-order chi connectivity index (χ0) is 14.5. The number of piperidine rings is 2. The van der Waals surface area contributed by atoms with Crippen LogP contribution in [0, 0.1) is 0 Å². The summed E-state index contributed by atoms with van der Waals surface area (Å²) in [5, 5.41) is 4.65. The summed E-state index contributed by atoms with van der Waals surface area (Å²) < 4.78 is 0. The lowest BCUT2D eigenvalue weighted by Crippen LogP contribution is -2.52. The minimum Gasteiger partial charge on any atom is -0.360 e. The minimum absolute atomic E-state index is 0.645. The van der Waals surface area contributed by atoms with Gasteiger partial charge in [-0.3, -0.25) is 0 Å². The molecule has 0 unspecified atom stereocenters. The highest BCUT2D eigenvalue weighted by molar-refractivity contribution is 7.80. The van der Waals surface area contributed by atoms with E-state index in [0.29, 0.717) is 6.04 Å². The molecule has 1 N–H and O–H groups in total. The number of nitrogens with one attached hydrogen (secondary N) is 1. The van der Waals surface area contributed by atoms with Crippen LogP contribution in [-0.4, -0.2) is 53.2 Å². The Balaban J connectivity index is 1.40. The fourth-order valence-electron chi connectivity index (χ4n) is 4.23. The van der Waals surface area contributed by atoms with Crippen LogP contribution in [0.5, 0.6) is 0 Å². The van der Waals surface area contributed by atoms with Crippen molar-refractivity contribution in [1.82, 2.24) is 15.1 Å². The van der Waals surface area contributed by atoms with Crippen molar-refractivity contribution in [2.75, 3.05) is 26.2 Å². The Bertz CT molecular complexity index is 327. The van der Waals surface area contributed by atoms with Crippen molar-refractivity contribution in [1.29, 1.82) is 0 Å². The van der Waals surface area contributed by atoms with E-state index in [1.54, 1.807) is 0 Å². The SMILES string of the molecule is S=C(NC1CCCCC1)N1CCC(N2CCCCC2)CC1. The van der Waals surface area contributed by atoms with Gasteiger partial charge in [-0.1, -0.05) is 25.7 Å². The highest BCUT2D eigenvalue weighted by Crippen LogP contribution is 2.22. The monoisotopic (exact) mass is 309 g/mol. The first-order valence-corrected chi connectivity index (χ1v) is 9.53. The molecule has 3 aliphatic rings. The molecule has 0 aromatic heterocycles. The molecule has 3 rings (SSSR count). The van der Waals surface area contributed by atoms with E-state index in [9.17, 15) is 0 Å². The number of rotatable bonds is 2. The van der Waals surface area contributed by atoms with E-state index in [-0.39, 0.29) is 0 Å². The first kappa shape index (κ1) is 15.5. The first-order chi connectivity index (χ1) is 10.3. The van der Waals surface area contributed by atoms with Crippen molar-refractivity contribution in [3.05, 3.63) is 0 Å². The molecular weight excluding hydrogens is 278 g/mol. The molecule has 3 fully saturated rings. The lowest BCUT2D eigenvalue weighted by atomic mass is 9.95. The van der Waals surface area contributed by atoms with E-state index in [1.807, 2.05) is 0 Å². The number of nitrogens with zero attached hydrogens (tertiary/aromatic N) is 2. The summed E-state index contributed by atoms with van der Waals surface area (Å²) in [7, 11) is 0. The highest BCUT2D eigenvalue weighted by Gasteiger charge is 2.27. The van der Waals surface area contributed by atoms with E-state index < -0.39 is 0 Å². The largest absolute Gasteiger partial charge is 0.360 e. The van der Waals surface area contributed by atoms with Crippen LogP contribution in [0.2, 0.25) is 0 Å². The Morgan fingerprint density at radius 1 is 0.762 bits per heavy atom. The summed E-state index contributed by atoms with van der Waals surface area (Å²) in [6.07, 6.45) is 13.6. The molecule has 0 atom stereocenters. The zero-order valence-corrected chi connectivity index (χ0v) is 14.2. The Morgan fingerprint density at radius 2 is 1.38 bits per heavy atom. The topological polar surface area (TPSA) is 18.5 Å². The number of thiocarbonyl (C=S) groups is 1. The fraction of sp³-hybridized carbons (Fsp3) is 0.941. The molecule has 3 nitrogen and oxygen atoms in total. The van der Waals surface area contributed by atoms with Gasteiger partial charge in [-0.05, 0) is 63.8 Å². The third-order valence-corrected chi connectivity index (χ3v) is 5.97. The van der Waals surface area contributed by atoms with Gasteiger partial charge in [-0.2, -0.15) is 0 Å². The van der Waals surface area contributed by atoms with Gasteiger partial charge in [0.05, 0.1) is 0 Å². The van der Waals surface area contributed by atoms with Crippen LogP contribution >= 0.6 is 12.2 Å². The normalized spacial score (nSPS) is 26.8. The van der Waals surface area contributed by atoms with Gasteiger partial charge in [-0.25, -0.2) is 0 Å². The van der Waals surface area contributed by atoms with E-state index in [0.717, 1.165) is 24.2 Å². The summed E-state index contributed by atoms with van der Waals surface area (Å²) in [5.41, 5.74) is 0. The van der Waals surface area contributed by atoms with Gasteiger partial charge in [0.1, 0.15) is 0 Å². The van der Waals surface area contributed by atoms with Gasteiger partial charge in [-0.15, -0.1) is 0 Å². The molecule has 0 spiro atoms. The lowest BCUT2D eigenvalue weighted by molar-refractivity contribution is 0.114. The Hall–Kier alpha value is -0.350. The van der Waals surface area contributed by atoms with Crippen LogP contribution in [0.25, 0.3) is 0 Å². The summed E-state index contributed by atoms with van der Waals surface area (Å²) in [6.45, 7) is 4.96. The van der Waals surface area contributed by atoms with Gasteiger partial charge in [0, 0.05) is 25.2 Å². The molecule has 1 saturated carbocycles. The molecule has 0 radical (unpaired) electrons. The third-order valence-electron chi connectivity index (χ3n) is 5.59. The summed E-state index contributed by atoms with van der Waals surface area (Å²) in [6, 6.07) is 1.46. The summed E-state index contributed by atoms with van der Waals surface area (Å²) in [4.78, 5) is 5.16. The maximum atomic E-state index is 5.65. The van der Waals surface area contributed by atoms with Gasteiger partial charge in [0.2, 0.25) is 0 Å². The molecule has 4 heteroatoms. The fourth-order valence-corrected chi connectivity index (χ4v) is 4.58. The molecule has 21 heavy (non-hydrogen) atoms. The van der Waals surface area contributed by atoms with E-state index in [2.05, 4.69) is 15.1 Å². The Labute approximate surface area is 135 Å². The number of likely N-dealkylation sites (tertiary alicyclic amines) is 2. The number of hydrogen-bond acceptors (Lipinski definition) is 2. The molecule has 0 amide bonds. The van der Waals surface area contributed by atoms with Crippen molar-refractivity contribution in [3.63, 3.8) is 0 Å². The van der Waals surface area contributed by atoms with E-state index in [4.69, 9.17) is 12.2 Å². The van der Waals surface area contributed by atoms with Gasteiger partial charge in [0.25, 0.3) is 0 Å². The standard InChI is InChI=1S/C17H31N3S/c21-17(18-15-7-3-1-4-8-15)20-13-9-16(10-14-20)19-11-5-2-6-12-19/h15-16H,1-14H2,(H,18,21). The second-order valence-electron chi connectivity index (χ2n) is 7.10. The van der Waals surface area contributed by atoms with Crippen LogP contribution in [0.3, 0.4) is 0 Å². The third kappa shape index (κ3) is 4.32. The lowest BCUT2D eigenvalue weighted by Gasteiger charge is -2.41. The van der Waals surface area contributed by atoms with Crippen molar-refractivity contribution in [2.45, 2.75) is 76.3 Å². The predicted octanol–water partition coefficient (Wildman–Crippen LogP) is 3.14. The van der Waals surface area contributed by atoms with E-state index in [1.165, 1.54) is 77.3 Å². The molecule has 0 aromatic rings. The van der Waals surface area contributed by atoms with Crippen LogP contribution < -0.4 is 5.32 Å².